The third kappa shape index (κ3) is 7.22. The Kier molecular flexibility index (Phi) is 9.12. The SMILES string of the molecule is N#CCCCCCCN1C(=O)CCC1CCC(O)Cc1cccc(-c2ccccc2)c1. The number of unbranched alkanes of at least 4 members (excludes halogenated alkanes) is 4. The summed E-state index contributed by atoms with van der Waals surface area (Å²) >= 11 is 0. The van der Waals surface area contributed by atoms with E-state index in [9.17, 15) is 9.90 Å². The number of hydrogen-bond acceptors (Lipinski definition) is 3. The Morgan fingerprint density at radius 1 is 1.03 bits per heavy atom. The van der Waals surface area contributed by atoms with E-state index >= 15 is 0 Å². The zero-order valence-electron chi connectivity index (χ0n) is 18.4. The zero-order chi connectivity index (χ0) is 21.9. The number of carbonyl (C=O) groups excluding carboxylic acids is 1. The highest BCUT2D eigenvalue weighted by Crippen LogP contribution is 2.25. The van der Waals surface area contributed by atoms with Crippen molar-refractivity contribution in [3.63, 3.8) is 0 Å². The lowest BCUT2D eigenvalue weighted by molar-refractivity contribution is -0.129. The van der Waals surface area contributed by atoms with Crippen LogP contribution in [0, 0.1) is 11.3 Å². The standard InChI is InChI=1S/C27H34N2O2/c28-18-7-2-1-3-8-19-29-25(15-17-27(29)31)14-16-26(30)21-22-10-9-13-24(20-22)23-11-5-4-6-12-23/h4-6,9-13,20,25-26,30H,1-3,7-8,14-17,19,21H2. The van der Waals surface area contributed by atoms with Crippen molar-refractivity contribution in [2.45, 2.75) is 76.4 Å². The second kappa shape index (κ2) is 12.3. The first-order valence-electron chi connectivity index (χ1n) is 11.7. The van der Waals surface area contributed by atoms with E-state index in [0.29, 0.717) is 25.7 Å². The molecule has 2 aromatic rings. The molecule has 2 atom stereocenters. The number of nitriles is 1. The molecule has 4 heteroatoms. The summed E-state index contributed by atoms with van der Waals surface area (Å²) in [6.45, 7) is 0.811. The van der Waals surface area contributed by atoms with E-state index in [2.05, 4.69) is 42.5 Å². The van der Waals surface area contributed by atoms with Crippen molar-refractivity contribution in [2.24, 2.45) is 0 Å². The van der Waals surface area contributed by atoms with Gasteiger partial charge in [-0.05, 0) is 55.2 Å². The van der Waals surface area contributed by atoms with Gasteiger partial charge in [0.05, 0.1) is 12.2 Å². The smallest absolute Gasteiger partial charge is 0.222 e. The van der Waals surface area contributed by atoms with Gasteiger partial charge in [0.15, 0.2) is 0 Å². The molecule has 0 spiro atoms. The number of aliphatic hydroxyl groups is 1. The summed E-state index contributed by atoms with van der Waals surface area (Å²) in [4.78, 5) is 14.3. The molecule has 1 aliphatic rings. The minimum atomic E-state index is -0.394. The van der Waals surface area contributed by atoms with Gasteiger partial charge in [-0.25, -0.2) is 0 Å². The number of amides is 1. The van der Waals surface area contributed by atoms with Gasteiger partial charge in [0.25, 0.3) is 0 Å². The van der Waals surface area contributed by atoms with Gasteiger partial charge in [0, 0.05) is 25.4 Å². The summed E-state index contributed by atoms with van der Waals surface area (Å²) in [6.07, 6.45) is 8.06. The first kappa shape index (κ1) is 23.0. The molecule has 31 heavy (non-hydrogen) atoms. The van der Waals surface area contributed by atoms with Gasteiger partial charge in [-0.1, -0.05) is 67.4 Å². The second-order valence-corrected chi connectivity index (χ2v) is 8.60. The van der Waals surface area contributed by atoms with E-state index < -0.39 is 6.10 Å². The summed E-state index contributed by atoms with van der Waals surface area (Å²) in [5.74, 6) is 0.257. The third-order valence-electron chi connectivity index (χ3n) is 6.23. The van der Waals surface area contributed by atoms with Crippen molar-refractivity contribution in [3.8, 4) is 17.2 Å². The highest BCUT2D eigenvalue weighted by atomic mass is 16.3. The number of rotatable bonds is 12. The molecule has 164 valence electrons. The lowest BCUT2D eigenvalue weighted by Crippen LogP contribution is -2.34. The quantitative estimate of drug-likeness (QED) is 0.463. The van der Waals surface area contributed by atoms with Gasteiger partial charge in [-0.2, -0.15) is 5.26 Å². The topological polar surface area (TPSA) is 64.3 Å². The molecule has 4 nitrogen and oxygen atoms in total. The average molecular weight is 419 g/mol. The van der Waals surface area contributed by atoms with Crippen LogP contribution in [-0.2, 0) is 11.2 Å². The summed E-state index contributed by atoms with van der Waals surface area (Å²) in [7, 11) is 0. The van der Waals surface area contributed by atoms with Crippen LogP contribution in [0.4, 0.5) is 0 Å². The van der Waals surface area contributed by atoms with Crippen molar-refractivity contribution >= 4 is 5.91 Å². The number of benzene rings is 2. The van der Waals surface area contributed by atoms with E-state index in [1.54, 1.807) is 0 Å². The molecule has 1 N–H and O–H groups in total. The maximum atomic E-state index is 12.3. The van der Waals surface area contributed by atoms with Gasteiger partial charge in [-0.15, -0.1) is 0 Å². The fraction of sp³-hybridized carbons (Fsp3) is 0.481. The van der Waals surface area contributed by atoms with E-state index in [-0.39, 0.29) is 11.9 Å². The summed E-state index contributed by atoms with van der Waals surface area (Å²) in [5.41, 5.74) is 3.50. The van der Waals surface area contributed by atoms with Crippen LogP contribution >= 0.6 is 0 Å². The van der Waals surface area contributed by atoms with Crippen LogP contribution in [0.2, 0.25) is 0 Å². The molecular weight excluding hydrogens is 384 g/mol. The largest absolute Gasteiger partial charge is 0.393 e. The molecule has 0 radical (unpaired) electrons. The normalized spacial score (nSPS) is 17.0. The first-order valence-corrected chi connectivity index (χ1v) is 11.7. The highest BCUT2D eigenvalue weighted by molar-refractivity contribution is 5.78. The maximum Gasteiger partial charge on any atom is 0.222 e. The minimum absolute atomic E-state index is 0.257. The van der Waals surface area contributed by atoms with Crippen LogP contribution < -0.4 is 0 Å². The van der Waals surface area contributed by atoms with Crippen LogP contribution in [0.3, 0.4) is 0 Å². The number of aliphatic hydroxyl groups excluding tert-OH is 1. The predicted octanol–water partition coefficient (Wildman–Crippen LogP) is 5.50. The Balaban J connectivity index is 1.45. The van der Waals surface area contributed by atoms with Crippen LogP contribution in [0.1, 0.15) is 63.4 Å². The van der Waals surface area contributed by atoms with Gasteiger partial charge >= 0.3 is 0 Å². The van der Waals surface area contributed by atoms with Crippen LogP contribution in [-0.4, -0.2) is 34.6 Å². The molecule has 2 unspecified atom stereocenters. The third-order valence-corrected chi connectivity index (χ3v) is 6.23. The fourth-order valence-corrected chi connectivity index (χ4v) is 4.51. The summed E-state index contributed by atoms with van der Waals surface area (Å²) < 4.78 is 0. The van der Waals surface area contributed by atoms with Gasteiger partial charge in [0.1, 0.15) is 0 Å². The van der Waals surface area contributed by atoms with E-state index in [1.165, 1.54) is 11.1 Å². The molecule has 1 saturated heterocycles. The molecule has 2 aromatic carbocycles. The monoisotopic (exact) mass is 418 g/mol. The molecule has 0 aliphatic carbocycles. The Morgan fingerprint density at radius 3 is 2.61 bits per heavy atom. The predicted molar refractivity (Wildman–Crippen MR) is 124 cm³/mol. The molecule has 0 aromatic heterocycles. The molecule has 0 saturated carbocycles. The zero-order valence-corrected chi connectivity index (χ0v) is 18.4. The molecule has 1 amide bonds. The van der Waals surface area contributed by atoms with Crippen LogP contribution in [0.15, 0.2) is 54.6 Å². The van der Waals surface area contributed by atoms with Crippen molar-refractivity contribution in [3.05, 3.63) is 60.2 Å². The minimum Gasteiger partial charge on any atom is -0.393 e. The number of nitrogens with zero attached hydrogens (tertiary/aromatic N) is 2. The Morgan fingerprint density at radius 2 is 1.81 bits per heavy atom. The molecule has 3 rings (SSSR count). The summed E-state index contributed by atoms with van der Waals surface area (Å²) in [5, 5.41) is 19.2. The van der Waals surface area contributed by atoms with Crippen molar-refractivity contribution in [1.29, 1.82) is 5.26 Å². The van der Waals surface area contributed by atoms with E-state index in [0.717, 1.165) is 50.6 Å². The van der Waals surface area contributed by atoms with E-state index in [4.69, 9.17) is 5.26 Å². The van der Waals surface area contributed by atoms with Crippen molar-refractivity contribution < 1.29 is 9.90 Å². The van der Waals surface area contributed by atoms with Crippen LogP contribution in [0.25, 0.3) is 11.1 Å². The number of hydrogen-bond donors (Lipinski definition) is 1. The Bertz CT molecular complexity index is 859. The molecule has 1 aliphatic heterocycles. The average Bonchev–Trinajstić information content (AvgIpc) is 3.15. The molecular formula is C27H34N2O2. The van der Waals surface area contributed by atoms with Crippen molar-refractivity contribution in [2.75, 3.05) is 6.54 Å². The Labute approximate surface area is 186 Å². The summed E-state index contributed by atoms with van der Waals surface area (Å²) in [6, 6.07) is 21.1. The Hall–Kier alpha value is -2.64. The molecule has 1 fully saturated rings. The first-order chi connectivity index (χ1) is 15.2. The van der Waals surface area contributed by atoms with E-state index in [1.807, 2.05) is 23.1 Å². The number of carbonyl (C=O) groups is 1. The number of likely N-dealkylation sites (tertiary alicyclic amines) is 1. The van der Waals surface area contributed by atoms with Gasteiger partial charge in [0.2, 0.25) is 5.91 Å². The van der Waals surface area contributed by atoms with Gasteiger partial charge in [-0.3, -0.25) is 4.79 Å². The lowest BCUT2D eigenvalue weighted by atomic mass is 9.97. The molecule has 0 bridgehead atoms. The fourth-order valence-electron chi connectivity index (χ4n) is 4.51. The van der Waals surface area contributed by atoms with Gasteiger partial charge < -0.3 is 10.0 Å². The second-order valence-electron chi connectivity index (χ2n) is 8.60. The highest BCUT2D eigenvalue weighted by Gasteiger charge is 2.30. The van der Waals surface area contributed by atoms with Crippen molar-refractivity contribution in [1.82, 2.24) is 4.90 Å². The lowest BCUT2D eigenvalue weighted by Gasteiger charge is -2.26. The molecule has 1 heterocycles. The maximum absolute atomic E-state index is 12.3. The van der Waals surface area contributed by atoms with Crippen LogP contribution in [0.5, 0.6) is 0 Å².